The minimum Gasteiger partial charge on any atom is -0.488 e. The summed E-state index contributed by atoms with van der Waals surface area (Å²) in [5.74, 6) is 0.273. The molecule has 2 N–H and O–H groups in total. The predicted octanol–water partition coefficient (Wildman–Crippen LogP) is 2.44. The van der Waals surface area contributed by atoms with E-state index in [-0.39, 0.29) is 12.3 Å². The molecule has 16 heavy (non-hydrogen) atoms. The van der Waals surface area contributed by atoms with Gasteiger partial charge >= 0.3 is 0 Å². The maximum absolute atomic E-state index is 11.4. The number of nitrogens with two attached hydrogens (primary N) is 1. The van der Waals surface area contributed by atoms with Crippen LogP contribution in [-0.2, 0) is 0 Å². The lowest BCUT2D eigenvalue weighted by atomic mass is 10.1. The highest BCUT2D eigenvalue weighted by Crippen LogP contribution is 2.28. The van der Waals surface area contributed by atoms with Gasteiger partial charge in [-0.05, 0) is 24.6 Å². The molecular formula is C12H14ClNO2. The van der Waals surface area contributed by atoms with E-state index in [0.29, 0.717) is 22.9 Å². The summed E-state index contributed by atoms with van der Waals surface area (Å²) in [4.78, 5) is 11.4. The Morgan fingerprint density at radius 3 is 2.81 bits per heavy atom. The van der Waals surface area contributed by atoms with Gasteiger partial charge in [-0.15, -0.1) is 0 Å². The van der Waals surface area contributed by atoms with E-state index in [0.717, 1.165) is 5.57 Å². The lowest BCUT2D eigenvalue weighted by molar-refractivity contribution is 0.100. The lowest BCUT2D eigenvalue weighted by Gasteiger charge is -2.10. The summed E-state index contributed by atoms with van der Waals surface area (Å²) in [7, 11) is 0. The molecule has 1 aromatic rings. The smallest absolute Gasteiger partial charge is 0.178 e. The van der Waals surface area contributed by atoms with Gasteiger partial charge in [0.2, 0.25) is 0 Å². The van der Waals surface area contributed by atoms with Crippen LogP contribution in [0.15, 0.2) is 30.4 Å². The van der Waals surface area contributed by atoms with Gasteiger partial charge in [0.25, 0.3) is 0 Å². The monoisotopic (exact) mass is 239 g/mol. The Labute approximate surface area is 99.8 Å². The highest BCUT2D eigenvalue weighted by molar-refractivity contribution is 6.35. The van der Waals surface area contributed by atoms with Gasteiger partial charge in [-0.3, -0.25) is 4.79 Å². The van der Waals surface area contributed by atoms with Gasteiger partial charge in [0, 0.05) is 5.56 Å². The third kappa shape index (κ3) is 3.08. The number of rotatable bonds is 5. The van der Waals surface area contributed by atoms with Crippen LogP contribution in [0.4, 0.5) is 0 Å². The molecule has 0 bridgehead atoms. The first-order chi connectivity index (χ1) is 7.56. The lowest BCUT2D eigenvalue weighted by Crippen LogP contribution is -2.14. The number of Topliss-reactive ketones (excluding diaryl/α,β-unsaturated/α-hetero) is 1. The minimum atomic E-state index is -0.203. The Balaban J connectivity index is 2.94. The summed E-state index contributed by atoms with van der Waals surface area (Å²) in [5.41, 5.74) is 6.56. The summed E-state index contributed by atoms with van der Waals surface area (Å²) in [6, 6.07) is 5.05. The maximum Gasteiger partial charge on any atom is 0.178 e. The second-order valence-corrected chi connectivity index (χ2v) is 3.87. The van der Waals surface area contributed by atoms with Crippen molar-refractivity contribution in [3.63, 3.8) is 0 Å². The summed E-state index contributed by atoms with van der Waals surface area (Å²) in [6.45, 7) is 5.88. The number of halogens is 1. The number of carbonyl (C=O) groups excluding carboxylic acids is 1. The molecule has 0 atom stereocenters. The zero-order chi connectivity index (χ0) is 12.1. The fourth-order valence-corrected chi connectivity index (χ4v) is 1.43. The Hall–Kier alpha value is -1.32. The molecule has 0 saturated heterocycles. The van der Waals surface area contributed by atoms with E-state index < -0.39 is 0 Å². The summed E-state index contributed by atoms with van der Waals surface area (Å²) < 4.78 is 5.41. The number of ketones is 1. The zero-order valence-electron chi connectivity index (χ0n) is 9.13. The van der Waals surface area contributed by atoms with Crippen LogP contribution in [-0.4, -0.2) is 18.9 Å². The fraction of sp³-hybridized carbons (Fsp3) is 0.250. The SMILES string of the molecule is C=C(C)COc1cccc(C(=O)CN)c1Cl. The topological polar surface area (TPSA) is 52.3 Å². The second-order valence-electron chi connectivity index (χ2n) is 3.49. The van der Waals surface area contributed by atoms with E-state index in [4.69, 9.17) is 22.1 Å². The first-order valence-corrected chi connectivity index (χ1v) is 5.23. The van der Waals surface area contributed by atoms with E-state index >= 15 is 0 Å². The highest BCUT2D eigenvalue weighted by Gasteiger charge is 2.12. The maximum atomic E-state index is 11.4. The van der Waals surface area contributed by atoms with Gasteiger partial charge in [0.05, 0.1) is 11.6 Å². The number of hydrogen-bond donors (Lipinski definition) is 1. The van der Waals surface area contributed by atoms with Crippen LogP contribution in [0.3, 0.4) is 0 Å². The van der Waals surface area contributed by atoms with Crippen molar-refractivity contribution in [1.82, 2.24) is 0 Å². The number of benzene rings is 1. The molecule has 1 aromatic carbocycles. The molecule has 0 amide bonds. The summed E-state index contributed by atoms with van der Waals surface area (Å²) >= 11 is 6.03. The van der Waals surface area contributed by atoms with Crippen molar-refractivity contribution < 1.29 is 9.53 Å². The van der Waals surface area contributed by atoms with E-state index in [1.807, 2.05) is 6.92 Å². The molecule has 0 aliphatic heterocycles. The first kappa shape index (κ1) is 12.7. The summed E-state index contributed by atoms with van der Waals surface area (Å²) in [5, 5.41) is 0.305. The third-order valence-corrected chi connectivity index (χ3v) is 2.31. The van der Waals surface area contributed by atoms with Crippen LogP contribution in [0.1, 0.15) is 17.3 Å². The quantitative estimate of drug-likeness (QED) is 0.634. The molecule has 0 aliphatic carbocycles. The molecule has 86 valence electrons. The van der Waals surface area contributed by atoms with Crippen LogP contribution in [0.5, 0.6) is 5.75 Å². The predicted molar refractivity (Wildman–Crippen MR) is 65.1 cm³/mol. The number of ether oxygens (including phenoxy) is 1. The van der Waals surface area contributed by atoms with Crippen LogP contribution in [0, 0.1) is 0 Å². The Bertz CT molecular complexity index is 415. The van der Waals surface area contributed by atoms with Crippen molar-refractivity contribution >= 4 is 17.4 Å². The summed E-state index contributed by atoms with van der Waals surface area (Å²) in [6.07, 6.45) is 0. The molecule has 3 nitrogen and oxygen atoms in total. The second kappa shape index (κ2) is 5.68. The Morgan fingerprint density at radius 1 is 1.56 bits per heavy atom. The van der Waals surface area contributed by atoms with Crippen LogP contribution in [0.2, 0.25) is 5.02 Å². The van der Waals surface area contributed by atoms with E-state index in [1.165, 1.54) is 0 Å². The van der Waals surface area contributed by atoms with Gasteiger partial charge in [-0.1, -0.05) is 24.2 Å². The Kier molecular flexibility index (Phi) is 4.52. The molecular weight excluding hydrogens is 226 g/mol. The van der Waals surface area contributed by atoms with Gasteiger partial charge in [-0.2, -0.15) is 0 Å². The van der Waals surface area contributed by atoms with Crippen molar-refractivity contribution in [3.05, 3.63) is 40.9 Å². The molecule has 4 heteroatoms. The molecule has 0 unspecified atom stereocenters. The fourth-order valence-electron chi connectivity index (χ4n) is 1.15. The van der Waals surface area contributed by atoms with Crippen molar-refractivity contribution in [3.8, 4) is 5.75 Å². The molecule has 0 spiro atoms. The highest BCUT2D eigenvalue weighted by atomic mass is 35.5. The van der Waals surface area contributed by atoms with Gasteiger partial charge in [0.1, 0.15) is 12.4 Å². The minimum absolute atomic E-state index is 0.0658. The van der Waals surface area contributed by atoms with E-state index in [2.05, 4.69) is 6.58 Å². The Morgan fingerprint density at radius 2 is 2.25 bits per heavy atom. The molecule has 0 radical (unpaired) electrons. The van der Waals surface area contributed by atoms with Gasteiger partial charge in [0.15, 0.2) is 5.78 Å². The van der Waals surface area contributed by atoms with E-state index in [1.54, 1.807) is 18.2 Å². The average Bonchev–Trinajstić information content (AvgIpc) is 2.26. The van der Waals surface area contributed by atoms with Crippen molar-refractivity contribution in [2.45, 2.75) is 6.92 Å². The molecule has 0 heterocycles. The molecule has 0 aliphatic rings. The standard InChI is InChI=1S/C12H14ClNO2/c1-8(2)7-16-11-5-3-4-9(12(11)13)10(15)6-14/h3-5H,1,6-7,14H2,2H3. The molecule has 0 saturated carbocycles. The van der Waals surface area contributed by atoms with Crippen LogP contribution < -0.4 is 10.5 Å². The third-order valence-electron chi connectivity index (χ3n) is 1.92. The zero-order valence-corrected chi connectivity index (χ0v) is 9.88. The largest absolute Gasteiger partial charge is 0.488 e. The normalized spacial score (nSPS) is 9.94. The average molecular weight is 240 g/mol. The van der Waals surface area contributed by atoms with E-state index in [9.17, 15) is 4.79 Å². The molecule has 0 aromatic heterocycles. The molecule has 1 rings (SSSR count). The number of hydrogen-bond acceptors (Lipinski definition) is 3. The van der Waals surface area contributed by atoms with Gasteiger partial charge in [-0.25, -0.2) is 0 Å². The first-order valence-electron chi connectivity index (χ1n) is 4.85. The molecule has 0 fully saturated rings. The van der Waals surface area contributed by atoms with Gasteiger partial charge < -0.3 is 10.5 Å². The van der Waals surface area contributed by atoms with Crippen molar-refractivity contribution in [1.29, 1.82) is 0 Å². The number of carbonyl (C=O) groups is 1. The van der Waals surface area contributed by atoms with Crippen molar-refractivity contribution in [2.75, 3.05) is 13.2 Å². The van der Waals surface area contributed by atoms with Crippen LogP contribution in [0.25, 0.3) is 0 Å². The van der Waals surface area contributed by atoms with Crippen LogP contribution >= 0.6 is 11.6 Å². The van der Waals surface area contributed by atoms with Crippen molar-refractivity contribution in [2.24, 2.45) is 5.73 Å².